The second-order valence-electron chi connectivity index (χ2n) is 0. The minimum atomic E-state index is 0. The Kier molecular flexibility index (Phi) is 242. The molecule has 0 aromatic rings. The summed E-state index contributed by atoms with van der Waals surface area (Å²) in [5.74, 6) is 0. The van der Waals surface area contributed by atoms with Crippen LogP contribution >= 0.6 is 0 Å². The molecule has 0 unspecified atom stereocenters. The summed E-state index contributed by atoms with van der Waals surface area (Å²) < 4.78 is 0. The van der Waals surface area contributed by atoms with E-state index >= 15 is 0 Å². The fraction of sp³-hybridized carbons (Fsp3) is 0. The maximum atomic E-state index is 0. The van der Waals surface area contributed by atoms with E-state index in [0.717, 1.165) is 0 Å². The zero-order valence-electron chi connectivity index (χ0n) is 4.50. The van der Waals surface area contributed by atoms with Crippen molar-refractivity contribution in [1.82, 2.24) is 0 Å². The number of hydrogen-bond acceptors (Lipinski definition) is 0. The molecule has 0 aliphatic carbocycles. The molecule has 0 rings (SSSR count). The number of rotatable bonds is 0. The van der Waals surface area contributed by atoms with E-state index in [1.54, 1.807) is 0 Å². The van der Waals surface area contributed by atoms with Crippen LogP contribution in [-0.2, 0) is 17.1 Å². The Bertz CT molecular complexity index is 22.0. The molecule has 0 saturated heterocycles. The molecule has 0 aromatic heterocycles. The predicted octanol–water partition coefficient (Wildman–Crippen LogP) is -4.36. The minimum absolute atomic E-state index is 0. The Morgan fingerprint density at radius 3 is 1.17 bits per heavy atom. The summed E-state index contributed by atoms with van der Waals surface area (Å²) in [7, 11) is 0. The summed E-state index contributed by atoms with van der Waals surface area (Å²) in [4.78, 5) is 0. The summed E-state index contributed by atoms with van der Waals surface area (Å²) in [6.45, 7) is 0. The van der Waals surface area contributed by atoms with Gasteiger partial charge in [0.2, 0.25) is 0 Å². The summed E-state index contributed by atoms with van der Waals surface area (Å²) in [6, 6.07) is 0. The molecule has 0 N–H and O–H groups in total. The average Bonchev–Trinajstić information content (AvgIpc) is 0. The molecule has 0 nitrogen and oxygen atoms in total. The van der Waals surface area contributed by atoms with E-state index < -0.39 is 0 Å². The van der Waals surface area contributed by atoms with E-state index in [2.05, 4.69) is 0 Å². The molecule has 6 heavy (non-hydrogen) atoms. The van der Waals surface area contributed by atoms with Crippen molar-refractivity contribution in [3.8, 4) is 0 Å². The van der Waals surface area contributed by atoms with Crippen LogP contribution < -0.4 is 0 Å². The van der Waals surface area contributed by atoms with Gasteiger partial charge in [-0.3, -0.25) is 0 Å². The van der Waals surface area contributed by atoms with Crippen LogP contribution in [-0.4, -0.2) is 132 Å². The second-order valence-corrected chi connectivity index (χ2v) is 0. The Morgan fingerprint density at radius 2 is 1.17 bits per heavy atom. The molecule has 0 amide bonds. The molecular formula is H12AlCaInMnPbSn. The van der Waals surface area contributed by atoms with Gasteiger partial charge in [0.25, 0.3) is 0 Å². The van der Waals surface area contributed by atoms with Gasteiger partial charge >= 0.3 is 115 Å². The molecule has 0 atom stereocenters. The van der Waals surface area contributed by atoms with Crippen molar-refractivity contribution in [2.75, 3.05) is 0 Å². The van der Waals surface area contributed by atoms with Crippen molar-refractivity contribution in [2.24, 2.45) is 0 Å². The van der Waals surface area contributed by atoms with Crippen molar-refractivity contribution in [3.63, 3.8) is 0 Å². The third kappa shape index (κ3) is 23.1. The van der Waals surface area contributed by atoms with Crippen LogP contribution in [0.1, 0.15) is 2.85 Å². The van der Waals surface area contributed by atoms with Gasteiger partial charge in [-0.05, 0) is 0 Å². The first kappa shape index (κ1) is 44.5. The first-order valence-corrected chi connectivity index (χ1v) is 0. The normalized spacial score (nSPS) is 0. The number of hydrogen-bond donors (Lipinski definition) is 0. The van der Waals surface area contributed by atoms with Gasteiger partial charge in [0.05, 0.1) is 0 Å². The van der Waals surface area contributed by atoms with Gasteiger partial charge < -0.3 is 2.85 Å². The molecular weight excluding hydrogens is 563 g/mol. The first-order valence-electron chi connectivity index (χ1n) is 0. The average molecular weight is 575 g/mol. The van der Waals surface area contributed by atoms with Crippen LogP contribution in [0, 0.1) is 0 Å². The van der Waals surface area contributed by atoms with Crippen LogP contribution in [0.4, 0.5) is 0 Å². The van der Waals surface area contributed by atoms with Crippen molar-refractivity contribution in [1.29, 1.82) is 0 Å². The van der Waals surface area contributed by atoms with Crippen LogP contribution in [0.25, 0.3) is 0 Å². The molecule has 0 aromatic carbocycles. The summed E-state index contributed by atoms with van der Waals surface area (Å²) in [6.07, 6.45) is 0. The Labute approximate surface area is 148 Å². The van der Waals surface area contributed by atoms with Gasteiger partial charge in [-0.15, -0.1) is 0 Å². The molecule has 5 radical (unpaired) electrons. The fourth-order valence-corrected chi connectivity index (χ4v) is 0. The van der Waals surface area contributed by atoms with Gasteiger partial charge in [-0.25, -0.2) is 0 Å². The topological polar surface area (TPSA) is 0 Å². The van der Waals surface area contributed by atoms with Crippen molar-refractivity contribution >= 4 is 132 Å². The van der Waals surface area contributed by atoms with E-state index in [9.17, 15) is 0 Å². The van der Waals surface area contributed by atoms with Crippen LogP contribution in [0.3, 0.4) is 0 Å². The monoisotopic (exact) mass is 577 g/mol. The molecule has 0 spiro atoms. The van der Waals surface area contributed by atoms with Crippen LogP contribution in [0.5, 0.6) is 0 Å². The Hall–Kier alpha value is 4.90. The van der Waals surface area contributed by atoms with Gasteiger partial charge in [-0.2, -0.15) is 0 Å². The van der Waals surface area contributed by atoms with Gasteiger partial charge in [0, 0.05) is 17.1 Å². The van der Waals surface area contributed by atoms with E-state index in [-0.39, 0.29) is 152 Å². The van der Waals surface area contributed by atoms with E-state index in [1.807, 2.05) is 0 Å². The van der Waals surface area contributed by atoms with Gasteiger partial charge in [0.15, 0.2) is 17.4 Å². The Balaban J connectivity index is 0. The first-order chi connectivity index (χ1) is 0. The SMILES string of the molecule is [AlH3].[Ca+2].[H-].[H-].[InH3].[Mn].[PbH2].[SnH2]. The van der Waals surface area contributed by atoms with Crippen LogP contribution in [0.15, 0.2) is 0 Å². The van der Waals surface area contributed by atoms with Crippen molar-refractivity contribution in [3.05, 3.63) is 0 Å². The zero-order valence-corrected chi connectivity index (χ0v) is 15.4. The third-order valence-corrected chi connectivity index (χ3v) is 0. The van der Waals surface area contributed by atoms with Gasteiger partial charge in [0.1, 0.15) is 0 Å². The van der Waals surface area contributed by atoms with Gasteiger partial charge in [-0.1, -0.05) is 0 Å². The molecule has 0 bridgehead atoms. The quantitative estimate of drug-likeness (QED) is 0.257. The maximum absolute atomic E-state index is 0. The summed E-state index contributed by atoms with van der Waals surface area (Å²) >= 11 is 0. The van der Waals surface area contributed by atoms with E-state index in [0.29, 0.717) is 0 Å². The predicted molar refractivity (Wildman–Crippen MR) is 44.9 cm³/mol. The summed E-state index contributed by atoms with van der Waals surface area (Å²) in [5.41, 5.74) is 0. The van der Waals surface area contributed by atoms with E-state index in [4.69, 9.17) is 0 Å². The third-order valence-electron chi connectivity index (χ3n) is 0. The fourth-order valence-electron chi connectivity index (χ4n) is 0. The van der Waals surface area contributed by atoms with Crippen molar-refractivity contribution in [2.45, 2.75) is 0 Å². The standard InChI is InChI=1S/Al.Ca.In.Mn.Pb.Sn.12H/q;+2;;;;;;;;;;;;;;;2*-1. The second kappa shape index (κ2) is 32.7. The molecule has 0 aliphatic heterocycles. The van der Waals surface area contributed by atoms with Crippen LogP contribution in [0.2, 0.25) is 0 Å². The van der Waals surface area contributed by atoms with E-state index in [1.165, 1.54) is 0 Å². The molecule has 0 aliphatic rings. The molecule has 0 heterocycles. The molecule has 35 valence electrons. The molecule has 0 fully saturated rings. The summed E-state index contributed by atoms with van der Waals surface area (Å²) in [5, 5.41) is 0. The van der Waals surface area contributed by atoms with Crippen molar-refractivity contribution < 1.29 is 19.9 Å². The zero-order chi connectivity index (χ0) is 0. The Morgan fingerprint density at radius 1 is 1.17 bits per heavy atom. The molecule has 0 saturated carbocycles. The molecule has 6 heteroatoms.